The molecule has 0 aliphatic carbocycles. The molecule has 0 bridgehead atoms. The summed E-state index contributed by atoms with van der Waals surface area (Å²) in [5, 5.41) is 11.0. The normalized spacial score (nSPS) is 14.2. The molecule has 3 N–H and O–H groups in total. The van der Waals surface area contributed by atoms with Crippen molar-refractivity contribution in [3.05, 3.63) is 23.8 Å². The predicted molar refractivity (Wildman–Crippen MR) is 96.3 cm³/mol. The molecule has 1 amide bonds. The van der Waals surface area contributed by atoms with Gasteiger partial charge in [0.25, 0.3) is 0 Å². The van der Waals surface area contributed by atoms with E-state index in [4.69, 9.17) is 5.73 Å². The molecular formula is C15H19N5OS2. The highest BCUT2D eigenvalue weighted by Crippen LogP contribution is 2.26. The van der Waals surface area contributed by atoms with Crippen LogP contribution in [0.2, 0.25) is 0 Å². The van der Waals surface area contributed by atoms with Crippen molar-refractivity contribution >= 4 is 45.5 Å². The number of anilines is 3. The van der Waals surface area contributed by atoms with Gasteiger partial charge in [-0.15, -0.1) is 10.2 Å². The minimum Gasteiger partial charge on any atom is -0.374 e. The second-order valence-electron chi connectivity index (χ2n) is 5.44. The van der Waals surface area contributed by atoms with Crippen molar-refractivity contribution in [1.82, 2.24) is 10.2 Å². The van der Waals surface area contributed by atoms with Gasteiger partial charge in [-0.3, -0.25) is 4.79 Å². The van der Waals surface area contributed by atoms with Crippen molar-refractivity contribution in [2.75, 3.05) is 34.8 Å². The van der Waals surface area contributed by atoms with Gasteiger partial charge in [0.1, 0.15) is 0 Å². The van der Waals surface area contributed by atoms with Crippen LogP contribution in [0.1, 0.15) is 18.4 Å². The lowest BCUT2D eigenvalue weighted by atomic mass is 10.1. The van der Waals surface area contributed by atoms with Gasteiger partial charge in [-0.05, 0) is 43.5 Å². The molecular weight excluding hydrogens is 330 g/mol. The van der Waals surface area contributed by atoms with Gasteiger partial charge >= 0.3 is 0 Å². The topological polar surface area (TPSA) is 84.1 Å². The van der Waals surface area contributed by atoms with Crippen LogP contribution in [0.15, 0.2) is 22.5 Å². The number of benzene rings is 1. The molecule has 2 aromatic rings. The number of nitrogens with zero attached hydrogens (tertiary/aromatic N) is 3. The Hall–Kier alpha value is -1.80. The van der Waals surface area contributed by atoms with Gasteiger partial charge in [-0.25, -0.2) is 0 Å². The van der Waals surface area contributed by atoms with Gasteiger partial charge in [-0.1, -0.05) is 23.1 Å². The predicted octanol–water partition coefficient (Wildman–Crippen LogP) is 2.76. The van der Waals surface area contributed by atoms with E-state index in [0.717, 1.165) is 24.3 Å². The van der Waals surface area contributed by atoms with Crippen LogP contribution >= 0.6 is 23.1 Å². The summed E-state index contributed by atoms with van der Waals surface area (Å²) in [6.45, 7) is 4.26. The zero-order valence-electron chi connectivity index (χ0n) is 12.9. The van der Waals surface area contributed by atoms with Crippen LogP contribution < -0.4 is 16.0 Å². The Kier molecular flexibility index (Phi) is 5.02. The number of nitrogen functional groups attached to an aromatic ring is 1. The summed E-state index contributed by atoms with van der Waals surface area (Å²) < 4.78 is 0.707. The van der Waals surface area contributed by atoms with Crippen molar-refractivity contribution in [3.8, 4) is 0 Å². The molecule has 6 nitrogen and oxygen atoms in total. The first-order valence-corrected chi connectivity index (χ1v) is 9.29. The second-order valence-corrected chi connectivity index (χ2v) is 7.67. The molecule has 1 aromatic carbocycles. The largest absolute Gasteiger partial charge is 0.374 e. The van der Waals surface area contributed by atoms with Crippen molar-refractivity contribution < 1.29 is 4.79 Å². The quantitative estimate of drug-likeness (QED) is 0.808. The van der Waals surface area contributed by atoms with Gasteiger partial charge in [-0.2, -0.15) is 0 Å². The third-order valence-electron chi connectivity index (χ3n) is 3.70. The zero-order chi connectivity index (χ0) is 16.2. The number of carbonyl (C=O) groups is 1. The van der Waals surface area contributed by atoms with E-state index in [1.54, 1.807) is 0 Å². The van der Waals surface area contributed by atoms with E-state index in [9.17, 15) is 4.79 Å². The number of hydrogen-bond donors (Lipinski definition) is 2. The first-order valence-electron chi connectivity index (χ1n) is 7.49. The van der Waals surface area contributed by atoms with Crippen LogP contribution in [-0.2, 0) is 4.79 Å². The van der Waals surface area contributed by atoms with Gasteiger partial charge in [0.15, 0.2) is 4.34 Å². The molecule has 122 valence electrons. The molecule has 1 aromatic heterocycles. The van der Waals surface area contributed by atoms with Crippen molar-refractivity contribution in [2.45, 2.75) is 24.1 Å². The summed E-state index contributed by atoms with van der Waals surface area (Å²) in [6.07, 6.45) is 2.51. The maximum Gasteiger partial charge on any atom is 0.234 e. The third-order valence-corrected chi connectivity index (χ3v) is 5.59. The van der Waals surface area contributed by atoms with E-state index in [1.165, 1.54) is 41.6 Å². The van der Waals surface area contributed by atoms with Crippen LogP contribution in [0.4, 0.5) is 16.5 Å². The average molecular weight is 349 g/mol. The summed E-state index contributed by atoms with van der Waals surface area (Å²) in [4.78, 5) is 14.5. The van der Waals surface area contributed by atoms with E-state index < -0.39 is 0 Å². The Labute approximate surface area is 143 Å². The number of aryl methyl sites for hydroxylation is 1. The fourth-order valence-corrected chi connectivity index (χ4v) is 3.99. The van der Waals surface area contributed by atoms with Crippen molar-refractivity contribution in [2.24, 2.45) is 0 Å². The first-order chi connectivity index (χ1) is 11.1. The summed E-state index contributed by atoms with van der Waals surface area (Å²) in [7, 11) is 0. The average Bonchev–Trinajstić information content (AvgIpc) is 3.19. The zero-order valence-corrected chi connectivity index (χ0v) is 14.5. The lowest BCUT2D eigenvalue weighted by Crippen LogP contribution is -2.18. The molecule has 1 fully saturated rings. The van der Waals surface area contributed by atoms with E-state index in [1.807, 2.05) is 13.0 Å². The fourth-order valence-electron chi connectivity index (χ4n) is 2.55. The molecule has 23 heavy (non-hydrogen) atoms. The van der Waals surface area contributed by atoms with Crippen molar-refractivity contribution in [3.63, 3.8) is 0 Å². The van der Waals surface area contributed by atoms with E-state index >= 15 is 0 Å². The summed E-state index contributed by atoms with van der Waals surface area (Å²) in [5.74, 6) is 0.239. The Bertz CT molecular complexity index is 697. The van der Waals surface area contributed by atoms with Crippen LogP contribution in [0.5, 0.6) is 0 Å². The molecule has 1 saturated heterocycles. The molecule has 0 unspecified atom stereocenters. The molecule has 0 radical (unpaired) electrons. The Morgan fingerprint density at radius 3 is 2.83 bits per heavy atom. The summed E-state index contributed by atoms with van der Waals surface area (Å²) >= 11 is 2.63. The monoisotopic (exact) mass is 349 g/mol. The number of nitrogens with one attached hydrogen (secondary N) is 1. The lowest BCUT2D eigenvalue weighted by molar-refractivity contribution is -0.113. The number of carbonyl (C=O) groups excluding carboxylic acids is 1. The molecule has 1 aliphatic heterocycles. The van der Waals surface area contributed by atoms with Gasteiger partial charge in [0.05, 0.1) is 5.75 Å². The maximum absolute atomic E-state index is 12.1. The van der Waals surface area contributed by atoms with Crippen LogP contribution in [0.3, 0.4) is 0 Å². The number of nitrogens with two attached hydrogens (primary N) is 1. The SMILES string of the molecule is Cc1cc(N2CCCC2)ccc1NC(=O)CSc1nnc(N)s1. The van der Waals surface area contributed by atoms with Gasteiger partial charge in [0, 0.05) is 24.5 Å². The van der Waals surface area contributed by atoms with E-state index in [-0.39, 0.29) is 5.91 Å². The molecule has 1 aliphatic rings. The van der Waals surface area contributed by atoms with Crippen molar-refractivity contribution in [1.29, 1.82) is 0 Å². The number of thioether (sulfide) groups is 1. The minimum atomic E-state index is -0.0548. The van der Waals surface area contributed by atoms with E-state index in [0.29, 0.717) is 15.2 Å². The molecule has 0 saturated carbocycles. The number of amides is 1. The number of aromatic nitrogens is 2. The third kappa shape index (κ3) is 4.14. The van der Waals surface area contributed by atoms with Crippen LogP contribution in [0.25, 0.3) is 0 Å². The Morgan fingerprint density at radius 1 is 1.39 bits per heavy atom. The highest BCUT2D eigenvalue weighted by molar-refractivity contribution is 8.01. The van der Waals surface area contributed by atoms with Crippen LogP contribution in [-0.4, -0.2) is 34.9 Å². The smallest absolute Gasteiger partial charge is 0.234 e. The number of hydrogen-bond acceptors (Lipinski definition) is 7. The fraction of sp³-hybridized carbons (Fsp3) is 0.400. The number of rotatable bonds is 5. The van der Waals surface area contributed by atoms with Crippen LogP contribution in [0, 0.1) is 6.92 Å². The minimum absolute atomic E-state index is 0.0548. The lowest BCUT2D eigenvalue weighted by Gasteiger charge is -2.19. The first kappa shape index (κ1) is 16.1. The van der Waals surface area contributed by atoms with E-state index in [2.05, 4.69) is 32.5 Å². The Balaban J connectivity index is 1.57. The summed E-state index contributed by atoms with van der Waals surface area (Å²) in [5.41, 5.74) is 8.69. The second kappa shape index (κ2) is 7.18. The maximum atomic E-state index is 12.1. The highest BCUT2D eigenvalue weighted by atomic mass is 32.2. The standard InChI is InChI=1S/C15H19N5OS2/c1-10-8-11(20-6-2-3-7-20)4-5-12(10)17-13(21)9-22-15-19-18-14(16)23-15/h4-5,8H,2-3,6-7,9H2,1H3,(H2,16,18)(H,17,21). The highest BCUT2D eigenvalue weighted by Gasteiger charge is 2.14. The van der Waals surface area contributed by atoms with Gasteiger partial charge < -0.3 is 16.0 Å². The molecule has 8 heteroatoms. The molecule has 0 atom stereocenters. The molecule has 2 heterocycles. The molecule has 0 spiro atoms. The molecule has 3 rings (SSSR count). The Morgan fingerprint density at radius 2 is 2.17 bits per heavy atom. The summed E-state index contributed by atoms with van der Waals surface area (Å²) in [6, 6.07) is 6.19. The van der Waals surface area contributed by atoms with Gasteiger partial charge in [0.2, 0.25) is 11.0 Å².